The second-order valence-electron chi connectivity index (χ2n) is 6.73. The lowest BCUT2D eigenvalue weighted by Gasteiger charge is -2.23. The van der Waals surface area contributed by atoms with Gasteiger partial charge in [0.05, 0.1) is 5.52 Å². The minimum absolute atomic E-state index is 0.330. The van der Waals surface area contributed by atoms with E-state index in [-0.39, 0.29) is 0 Å². The average molecular weight is 362 g/mol. The monoisotopic (exact) mass is 362 g/mol. The first kappa shape index (κ1) is 17.3. The summed E-state index contributed by atoms with van der Waals surface area (Å²) in [5, 5.41) is 10.3. The minimum Gasteiger partial charge on any atom is -0.449 e. The Morgan fingerprint density at radius 2 is 1.85 bits per heavy atom. The molecule has 1 saturated heterocycles. The molecule has 5 heteroatoms. The molecule has 4 rings (SSSR count). The topological polar surface area (TPSA) is 62.7 Å². The van der Waals surface area contributed by atoms with Crippen molar-refractivity contribution in [3.05, 3.63) is 54.1 Å². The Labute approximate surface area is 158 Å². The maximum absolute atomic E-state index is 11.5. The number of aryl methyl sites for hydroxylation is 1. The number of hydrogen-bond acceptors (Lipinski definition) is 4. The van der Waals surface area contributed by atoms with Crippen molar-refractivity contribution in [2.24, 2.45) is 0 Å². The molecule has 1 aliphatic rings. The predicted octanol–water partition coefficient (Wildman–Crippen LogP) is 5.12. The van der Waals surface area contributed by atoms with Crippen LogP contribution >= 0.6 is 0 Å². The molecular formula is C22H22N2O3. The fourth-order valence-electron chi connectivity index (χ4n) is 3.82. The molecule has 138 valence electrons. The largest absolute Gasteiger partial charge is 0.511 e. The smallest absolute Gasteiger partial charge is 0.449 e. The number of aromatic nitrogens is 1. The van der Waals surface area contributed by atoms with Crippen LogP contribution in [0.5, 0.6) is 5.75 Å². The number of carboxylic acid groups (broad SMARTS) is 1. The Bertz CT molecular complexity index is 980. The molecule has 1 fully saturated rings. The summed E-state index contributed by atoms with van der Waals surface area (Å²) in [6.45, 7) is 3.82. The molecule has 27 heavy (non-hydrogen) atoms. The van der Waals surface area contributed by atoms with Crippen molar-refractivity contribution in [1.29, 1.82) is 0 Å². The van der Waals surface area contributed by atoms with Crippen LogP contribution in [-0.4, -0.2) is 29.3 Å². The van der Waals surface area contributed by atoms with Gasteiger partial charge in [-0.05, 0) is 30.4 Å². The molecule has 5 nitrogen and oxygen atoms in total. The molecule has 3 aromatic rings. The van der Waals surface area contributed by atoms with Gasteiger partial charge in [0, 0.05) is 24.0 Å². The molecule has 0 bridgehead atoms. The summed E-state index contributed by atoms with van der Waals surface area (Å²) in [5.41, 5.74) is 3.78. The summed E-state index contributed by atoms with van der Waals surface area (Å²) in [6, 6.07) is 15.9. The SMILES string of the molecule is CCc1cccc2c(-c3ccccc3)c(OC(=O)O)c(N3CCCC3)nc12. The minimum atomic E-state index is -1.32. The van der Waals surface area contributed by atoms with Crippen molar-refractivity contribution in [2.75, 3.05) is 18.0 Å². The van der Waals surface area contributed by atoms with E-state index in [9.17, 15) is 9.90 Å². The number of nitrogens with zero attached hydrogens (tertiary/aromatic N) is 2. The predicted molar refractivity (Wildman–Crippen MR) is 107 cm³/mol. The van der Waals surface area contributed by atoms with Crippen LogP contribution in [0.1, 0.15) is 25.3 Å². The summed E-state index contributed by atoms with van der Waals surface area (Å²) in [4.78, 5) is 18.6. The molecule has 1 aromatic heterocycles. The third-order valence-corrected chi connectivity index (χ3v) is 5.08. The van der Waals surface area contributed by atoms with E-state index < -0.39 is 6.16 Å². The van der Waals surface area contributed by atoms with Crippen LogP contribution in [0.2, 0.25) is 0 Å². The molecule has 1 N–H and O–H groups in total. The number of hydrogen-bond donors (Lipinski definition) is 1. The lowest BCUT2D eigenvalue weighted by molar-refractivity contribution is 0.144. The van der Waals surface area contributed by atoms with Gasteiger partial charge in [-0.2, -0.15) is 0 Å². The van der Waals surface area contributed by atoms with Crippen LogP contribution in [0, 0.1) is 0 Å². The van der Waals surface area contributed by atoms with E-state index in [0.29, 0.717) is 11.6 Å². The fraction of sp³-hybridized carbons (Fsp3) is 0.273. The highest BCUT2D eigenvalue weighted by Crippen LogP contribution is 2.44. The van der Waals surface area contributed by atoms with Gasteiger partial charge in [0.1, 0.15) is 0 Å². The molecule has 0 spiro atoms. The number of fused-ring (bicyclic) bond motifs is 1. The number of ether oxygens (including phenoxy) is 1. The summed E-state index contributed by atoms with van der Waals surface area (Å²) in [5.74, 6) is 0.957. The van der Waals surface area contributed by atoms with Gasteiger partial charge in [-0.15, -0.1) is 0 Å². The lowest BCUT2D eigenvalue weighted by Crippen LogP contribution is -2.21. The Morgan fingerprint density at radius 3 is 2.52 bits per heavy atom. The van der Waals surface area contributed by atoms with Crippen LogP contribution in [0.3, 0.4) is 0 Å². The van der Waals surface area contributed by atoms with Gasteiger partial charge < -0.3 is 14.7 Å². The van der Waals surface area contributed by atoms with Crippen molar-refractivity contribution in [3.8, 4) is 16.9 Å². The molecule has 0 atom stereocenters. The Kier molecular flexibility index (Phi) is 4.67. The van der Waals surface area contributed by atoms with Crippen molar-refractivity contribution in [2.45, 2.75) is 26.2 Å². The van der Waals surface area contributed by atoms with E-state index in [4.69, 9.17) is 9.72 Å². The number of para-hydroxylation sites is 1. The maximum atomic E-state index is 11.5. The molecule has 0 aliphatic carbocycles. The first-order chi connectivity index (χ1) is 13.2. The van der Waals surface area contributed by atoms with Crippen LogP contribution in [0.15, 0.2) is 48.5 Å². The zero-order valence-corrected chi connectivity index (χ0v) is 15.3. The van der Waals surface area contributed by atoms with E-state index in [1.54, 1.807) is 0 Å². The van der Waals surface area contributed by atoms with Crippen LogP contribution in [0.4, 0.5) is 10.6 Å². The fourth-order valence-corrected chi connectivity index (χ4v) is 3.82. The third-order valence-electron chi connectivity index (χ3n) is 5.08. The highest BCUT2D eigenvalue weighted by Gasteiger charge is 2.26. The van der Waals surface area contributed by atoms with Crippen molar-refractivity contribution in [1.82, 2.24) is 4.98 Å². The van der Waals surface area contributed by atoms with E-state index in [1.807, 2.05) is 42.5 Å². The zero-order chi connectivity index (χ0) is 18.8. The molecule has 2 heterocycles. The van der Waals surface area contributed by atoms with Crippen molar-refractivity contribution in [3.63, 3.8) is 0 Å². The number of rotatable bonds is 4. The van der Waals surface area contributed by atoms with Gasteiger partial charge in [0.2, 0.25) is 0 Å². The van der Waals surface area contributed by atoms with Crippen LogP contribution < -0.4 is 9.64 Å². The van der Waals surface area contributed by atoms with Gasteiger partial charge >= 0.3 is 6.16 Å². The Hall–Kier alpha value is -3.08. The first-order valence-electron chi connectivity index (χ1n) is 9.35. The normalized spacial score (nSPS) is 13.9. The second kappa shape index (κ2) is 7.27. The molecule has 2 aromatic carbocycles. The quantitative estimate of drug-likeness (QED) is 0.653. The van der Waals surface area contributed by atoms with Gasteiger partial charge in [0.25, 0.3) is 0 Å². The van der Waals surface area contributed by atoms with Gasteiger partial charge in [-0.3, -0.25) is 0 Å². The average Bonchev–Trinajstić information content (AvgIpc) is 3.21. The van der Waals surface area contributed by atoms with Gasteiger partial charge in [0.15, 0.2) is 11.6 Å². The summed E-state index contributed by atoms with van der Waals surface area (Å²) in [7, 11) is 0. The lowest BCUT2D eigenvalue weighted by atomic mass is 9.97. The highest BCUT2D eigenvalue weighted by atomic mass is 16.7. The molecule has 0 unspecified atom stereocenters. The maximum Gasteiger partial charge on any atom is 0.511 e. The van der Waals surface area contributed by atoms with E-state index in [0.717, 1.165) is 59.9 Å². The molecule has 0 saturated carbocycles. The number of pyridine rings is 1. The standard InChI is InChI=1S/C22H22N2O3/c1-2-15-11-8-12-17-18(16-9-4-3-5-10-16)20(27-22(25)26)21(23-19(15)17)24-13-6-7-14-24/h3-5,8-12H,2,6-7,13-14H2,1H3,(H,25,26). The second-order valence-corrected chi connectivity index (χ2v) is 6.73. The van der Waals surface area contributed by atoms with Crippen LogP contribution in [-0.2, 0) is 6.42 Å². The van der Waals surface area contributed by atoms with Gasteiger partial charge in [-0.1, -0.05) is 55.5 Å². The van der Waals surface area contributed by atoms with E-state index in [2.05, 4.69) is 17.9 Å². The van der Waals surface area contributed by atoms with Crippen LogP contribution in [0.25, 0.3) is 22.0 Å². The van der Waals surface area contributed by atoms with E-state index in [1.165, 1.54) is 0 Å². The zero-order valence-electron chi connectivity index (χ0n) is 15.3. The summed E-state index contributed by atoms with van der Waals surface area (Å²) >= 11 is 0. The Morgan fingerprint density at radius 1 is 1.11 bits per heavy atom. The number of anilines is 1. The number of carbonyl (C=O) groups is 1. The highest BCUT2D eigenvalue weighted by molar-refractivity contribution is 6.02. The van der Waals surface area contributed by atoms with E-state index >= 15 is 0 Å². The first-order valence-corrected chi connectivity index (χ1v) is 9.35. The van der Waals surface area contributed by atoms with Crippen molar-refractivity contribution < 1.29 is 14.6 Å². The third kappa shape index (κ3) is 3.21. The summed E-state index contributed by atoms with van der Waals surface area (Å²) in [6.07, 6.45) is 1.68. The summed E-state index contributed by atoms with van der Waals surface area (Å²) < 4.78 is 5.34. The molecule has 0 amide bonds. The number of benzene rings is 2. The molecule has 0 radical (unpaired) electrons. The van der Waals surface area contributed by atoms with Gasteiger partial charge in [-0.25, -0.2) is 9.78 Å². The molecule has 1 aliphatic heterocycles. The molecular weight excluding hydrogens is 340 g/mol. The Balaban J connectivity index is 2.09. The van der Waals surface area contributed by atoms with Crippen molar-refractivity contribution >= 4 is 22.9 Å².